The number of anilines is 1. The van der Waals surface area contributed by atoms with E-state index in [1.807, 2.05) is 25.1 Å². The number of rotatable bonds is 10. The van der Waals surface area contributed by atoms with Crippen LogP contribution in [-0.4, -0.2) is 32.3 Å². The highest BCUT2D eigenvalue weighted by Gasteiger charge is 2.06. The van der Waals surface area contributed by atoms with Gasteiger partial charge in [0.2, 0.25) is 0 Å². The first-order chi connectivity index (χ1) is 12.6. The molecule has 0 bridgehead atoms. The molecule has 0 heterocycles. The smallest absolute Gasteiger partial charge is 0.262 e. The van der Waals surface area contributed by atoms with Gasteiger partial charge in [-0.3, -0.25) is 4.79 Å². The molecule has 0 aliphatic rings. The number of benzene rings is 2. The van der Waals surface area contributed by atoms with Crippen molar-refractivity contribution in [2.24, 2.45) is 0 Å². The molecule has 0 saturated heterocycles. The molecule has 2 aromatic carbocycles. The van der Waals surface area contributed by atoms with Gasteiger partial charge >= 0.3 is 0 Å². The van der Waals surface area contributed by atoms with Crippen molar-refractivity contribution in [1.82, 2.24) is 0 Å². The van der Waals surface area contributed by atoms with Crippen molar-refractivity contribution in [3.8, 4) is 5.75 Å². The summed E-state index contributed by atoms with van der Waals surface area (Å²) in [6.07, 6.45) is 0. The summed E-state index contributed by atoms with van der Waals surface area (Å²) in [5.41, 5.74) is 1.58. The van der Waals surface area contributed by atoms with Gasteiger partial charge in [0.25, 0.3) is 5.91 Å². The Morgan fingerprint density at radius 2 is 1.96 bits per heavy atom. The van der Waals surface area contributed by atoms with E-state index in [2.05, 4.69) is 5.32 Å². The second-order valence-corrected chi connectivity index (χ2v) is 5.77. The first kappa shape index (κ1) is 20.2. The van der Waals surface area contributed by atoms with Gasteiger partial charge in [0.1, 0.15) is 11.6 Å². The third-order valence-electron chi connectivity index (χ3n) is 3.32. The van der Waals surface area contributed by atoms with Gasteiger partial charge < -0.3 is 19.5 Å². The second kappa shape index (κ2) is 10.8. The van der Waals surface area contributed by atoms with E-state index < -0.39 is 5.82 Å². The molecule has 1 N–H and O–H groups in total. The zero-order valence-electron chi connectivity index (χ0n) is 14.5. The highest BCUT2D eigenvalue weighted by atomic mass is 35.5. The summed E-state index contributed by atoms with van der Waals surface area (Å²) in [5.74, 6) is -0.549. The van der Waals surface area contributed by atoms with Crippen LogP contribution in [0.15, 0.2) is 42.5 Å². The van der Waals surface area contributed by atoms with E-state index in [0.717, 1.165) is 5.56 Å². The molecular formula is C19H21ClFNO4. The first-order valence-corrected chi connectivity index (χ1v) is 8.58. The van der Waals surface area contributed by atoms with Gasteiger partial charge in [0.15, 0.2) is 6.61 Å². The summed E-state index contributed by atoms with van der Waals surface area (Å²) in [5, 5.41) is 2.68. The van der Waals surface area contributed by atoms with Crippen molar-refractivity contribution in [3.63, 3.8) is 0 Å². The van der Waals surface area contributed by atoms with Crippen molar-refractivity contribution in [3.05, 3.63) is 58.9 Å². The van der Waals surface area contributed by atoms with E-state index in [0.29, 0.717) is 37.9 Å². The number of carbonyl (C=O) groups excluding carboxylic acids is 1. The Morgan fingerprint density at radius 3 is 2.73 bits per heavy atom. The molecule has 7 heteroatoms. The molecular weight excluding hydrogens is 361 g/mol. The third-order valence-corrected chi connectivity index (χ3v) is 3.61. The summed E-state index contributed by atoms with van der Waals surface area (Å²) in [4.78, 5) is 12.0. The maximum Gasteiger partial charge on any atom is 0.262 e. The Bertz CT molecular complexity index is 726. The molecule has 26 heavy (non-hydrogen) atoms. The molecule has 2 aromatic rings. The number of hydrogen-bond acceptors (Lipinski definition) is 4. The van der Waals surface area contributed by atoms with Gasteiger partial charge in [-0.2, -0.15) is 0 Å². The van der Waals surface area contributed by atoms with Crippen molar-refractivity contribution in [1.29, 1.82) is 0 Å². The molecule has 1 amide bonds. The Balaban J connectivity index is 1.79. The molecule has 0 spiro atoms. The minimum absolute atomic E-state index is 0.0556. The average molecular weight is 382 g/mol. The van der Waals surface area contributed by atoms with Gasteiger partial charge in [-0.25, -0.2) is 4.39 Å². The number of ether oxygens (including phenoxy) is 3. The second-order valence-electron chi connectivity index (χ2n) is 5.36. The molecule has 0 unspecified atom stereocenters. The maximum atomic E-state index is 13.1. The lowest BCUT2D eigenvalue weighted by molar-refractivity contribution is -0.118. The van der Waals surface area contributed by atoms with Gasteiger partial charge in [-0.15, -0.1) is 0 Å². The van der Waals surface area contributed by atoms with E-state index in [1.165, 1.54) is 18.2 Å². The standard InChI is InChI=1S/C19H21ClFNO4/c1-2-24-8-9-25-12-14-4-3-5-15(10-14)22-19(23)13-26-16-6-7-18(21)17(20)11-16/h3-7,10-11H,2,8-9,12-13H2,1H3,(H,22,23). The summed E-state index contributed by atoms with van der Waals surface area (Å²) in [6.45, 7) is 3.88. The van der Waals surface area contributed by atoms with Gasteiger partial charge in [-0.1, -0.05) is 23.7 Å². The summed E-state index contributed by atoms with van der Waals surface area (Å²) >= 11 is 5.67. The van der Waals surface area contributed by atoms with Crippen LogP contribution >= 0.6 is 11.6 Å². The number of nitrogens with one attached hydrogen (secondary N) is 1. The van der Waals surface area contributed by atoms with E-state index in [-0.39, 0.29) is 17.5 Å². The molecule has 0 aliphatic carbocycles. The van der Waals surface area contributed by atoms with Crippen LogP contribution in [0, 0.1) is 5.82 Å². The largest absolute Gasteiger partial charge is 0.484 e. The summed E-state index contributed by atoms with van der Waals surface area (Å²) < 4.78 is 29.1. The number of carbonyl (C=O) groups is 1. The molecule has 0 saturated carbocycles. The molecule has 0 aromatic heterocycles. The molecule has 0 atom stereocenters. The van der Waals surface area contributed by atoms with Crippen LogP contribution < -0.4 is 10.1 Å². The number of amides is 1. The average Bonchev–Trinajstić information content (AvgIpc) is 2.63. The van der Waals surface area contributed by atoms with Crippen molar-refractivity contribution in [2.75, 3.05) is 31.7 Å². The SMILES string of the molecule is CCOCCOCc1cccc(NC(=O)COc2ccc(F)c(Cl)c2)c1. The zero-order chi connectivity index (χ0) is 18.8. The topological polar surface area (TPSA) is 56.8 Å². The van der Waals surface area contributed by atoms with Gasteiger partial charge in [0, 0.05) is 18.4 Å². The maximum absolute atomic E-state index is 13.1. The van der Waals surface area contributed by atoms with Crippen molar-refractivity contribution >= 4 is 23.2 Å². The molecule has 5 nitrogen and oxygen atoms in total. The molecule has 0 aliphatic heterocycles. The highest BCUT2D eigenvalue weighted by Crippen LogP contribution is 2.21. The fourth-order valence-corrected chi connectivity index (χ4v) is 2.27. The Labute approximate surface area is 157 Å². The number of hydrogen-bond donors (Lipinski definition) is 1. The minimum Gasteiger partial charge on any atom is -0.484 e. The van der Waals surface area contributed by atoms with E-state index in [9.17, 15) is 9.18 Å². The fourth-order valence-electron chi connectivity index (χ4n) is 2.10. The predicted molar refractivity (Wildman–Crippen MR) is 98.1 cm³/mol. The van der Waals surface area contributed by atoms with Crippen molar-refractivity contribution in [2.45, 2.75) is 13.5 Å². The summed E-state index contributed by atoms with van der Waals surface area (Å²) in [6, 6.07) is 11.3. The Morgan fingerprint density at radius 1 is 1.15 bits per heavy atom. The predicted octanol–water partition coefficient (Wildman–Crippen LogP) is 4.05. The molecule has 0 radical (unpaired) electrons. The lowest BCUT2D eigenvalue weighted by Crippen LogP contribution is -2.20. The molecule has 0 fully saturated rings. The van der Waals surface area contributed by atoms with Crippen LogP contribution in [0.2, 0.25) is 5.02 Å². The molecule has 2 rings (SSSR count). The zero-order valence-corrected chi connectivity index (χ0v) is 15.2. The molecule has 140 valence electrons. The Hall–Kier alpha value is -2.15. The van der Waals surface area contributed by atoms with Crippen LogP contribution in [0.25, 0.3) is 0 Å². The van der Waals surface area contributed by atoms with Crippen LogP contribution in [0.3, 0.4) is 0 Å². The third kappa shape index (κ3) is 7.00. The fraction of sp³-hybridized carbons (Fsp3) is 0.316. The van der Waals surface area contributed by atoms with E-state index in [1.54, 1.807) is 6.07 Å². The Kier molecular flexibility index (Phi) is 8.34. The summed E-state index contributed by atoms with van der Waals surface area (Å²) in [7, 11) is 0. The van der Waals surface area contributed by atoms with Crippen molar-refractivity contribution < 1.29 is 23.4 Å². The quantitative estimate of drug-likeness (QED) is 0.631. The lowest BCUT2D eigenvalue weighted by atomic mass is 10.2. The number of halogens is 2. The lowest BCUT2D eigenvalue weighted by Gasteiger charge is -2.10. The van der Waals surface area contributed by atoms with Crippen LogP contribution in [0.1, 0.15) is 12.5 Å². The minimum atomic E-state index is -0.538. The van der Waals surface area contributed by atoms with Crippen LogP contribution in [0.5, 0.6) is 5.75 Å². The van der Waals surface area contributed by atoms with Gasteiger partial charge in [0.05, 0.1) is 24.8 Å². The first-order valence-electron chi connectivity index (χ1n) is 8.20. The van der Waals surface area contributed by atoms with Crippen LogP contribution in [-0.2, 0) is 20.9 Å². The monoisotopic (exact) mass is 381 g/mol. The normalized spacial score (nSPS) is 10.6. The highest BCUT2D eigenvalue weighted by molar-refractivity contribution is 6.30. The van der Waals surface area contributed by atoms with E-state index in [4.69, 9.17) is 25.8 Å². The van der Waals surface area contributed by atoms with Crippen LogP contribution in [0.4, 0.5) is 10.1 Å². The van der Waals surface area contributed by atoms with E-state index >= 15 is 0 Å². The van der Waals surface area contributed by atoms with Gasteiger partial charge in [-0.05, 0) is 36.8 Å².